The summed E-state index contributed by atoms with van der Waals surface area (Å²) in [4.78, 5) is 14.8. The first-order valence-corrected chi connectivity index (χ1v) is 8.19. The molecule has 0 aromatic heterocycles. The van der Waals surface area contributed by atoms with Gasteiger partial charge < -0.3 is 4.74 Å². The Morgan fingerprint density at radius 2 is 1.55 bits per heavy atom. The van der Waals surface area contributed by atoms with E-state index in [2.05, 4.69) is 24.3 Å². The Morgan fingerprint density at radius 1 is 0.950 bits per heavy atom. The molecule has 20 heavy (non-hydrogen) atoms. The Hall–Kier alpha value is -1.39. The lowest BCUT2D eigenvalue weighted by Gasteiger charge is -2.04. The van der Waals surface area contributed by atoms with Crippen LogP contribution in [0.4, 0.5) is 0 Å². The van der Waals surface area contributed by atoms with E-state index in [1.165, 1.54) is 21.6 Å². The summed E-state index contributed by atoms with van der Waals surface area (Å²) < 4.78 is 4.90. The maximum absolute atomic E-state index is 11.3. The Bertz CT molecular complexity index is 538. The molecule has 0 radical (unpaired) electrons. The second-order valence-electron chi connectivity index (χ2n) is 3.98. The van der Waals surface area contributed by atoms with E-state index in [1.54, 1.807) is 11.8 Å². The molecule has 0 fully saturated rings. The van der Waals surface area contributed by atoms with Crippen LogP contribution in [0.1, 0.15) is 6.92 Å². The van der Waals surface area contributed by atoms with Gasteiger partial charge in [-0.1, -0.05) is 30.0 Å². The monoisotopic (exact) mass is 304 g/mol. The highest BCUT2D eigenvalue weighted by atomic mass is 32.2. The lowest BCUT2D eigenvalue weighted by Crippen LogP contribution is -2.06. The molecule has 0 unspecified atom stereocenters. The van der Waals surface area contributed by atoms with Crippen LogP contribution < -0.4 is 0 Å². The maximum atomic E-state index is 11.3. The molecule has 4 heteroatoms. The molecule has 0 aliphatic heterocycles. The van der Waals surface area contributed by atoms with Gasteiger partial charge in [0.25, 0.3) is 0 Å². The minimum absolute atomic E-state index is 0.166. The van der Waals surface area contributed by atoms with Crippen LogP contribution in [0.25, 0.3) is 0 Å². The van der Waals surface area contributed by atoms with Gasteiger partial charge in [0.15, 0.2) is 0 Å². The molecule has 0 N–H and O–H groups in total. The van der Waals surface area contributed by atoms with E-state index in [0.717, 1.165) is 4.90 Å². The first-order chi connectivity index (χ1) is 9.78. The van der Waals surface area contributed by atoms with Gasteiger partial charge >= 0.3 is 5.97 Å². The molecule has 0 spiro atoms. The third-order valence-corrected chi connectivity index (χ3v) is 4.47. The second kappa shape index (κ2) is 8.02. The van der Waals surface area contributed by atoms with Gasteiger partial charge in [-0.15, -0.1) is 11.8 Å². The molecule has 0 amide bonds. The van der Waals surface area contributed by atoms with Gasteiger partial charge in [-0.05, 0) is 43.3 Å². The number of carbonyl (C=O) groups is 1. The van der Waals surface area contributed by atoms with E-state index in [0.29, 0.717) is 12.4 Å². The van der Waals surface area contributed by atoms with Crippen LogP contribution in [0, 0.1) is 0 Å². The molecule has 104 valence electrons. The molecule has 0 aliphatic carbocycles. The number of benzene rings is 2. The predicted octanol–water partition coefficient (Wildman–Crippen LogP) is 4.49. The van der Waals surface area contributed by atoms with E-state index in [9.17, 15) is 4.79 Å². The van der Waals surface area contributed by atoms with Crippen molar-refractivity contribution in [3.05, 3.63) is 54.6 Å². The van der Waals surface area contributed by atoms with Gasteiger partial charge in [-0.2, -0.15) is 0 Å². The summed E-state index contributed by atoms with van der Waals surface area (Å²) in [6, 6.07) is 18.5. The zero-order chi connectivity index (χ0) is 14.2. The summed E-state index contributed by atoms with van der Waals surface area (Å²) in [5, 5.41) is 0. The molecule has 0 aliphatic rings. The number of hydrogen-bond donors (Lipinski definition) is 0. The number of rotatable bonds is 6. The molecule has 0 bridgehead atoms. The Kier molecular flexibility index (Phi) is 6.02. The predicted molar refractivity (Wildman–Crippen MR) is 84.4 cm³/mol. The SMILES string of the molecule is CCOC(=O)CSc1ccc(Sc2ccccc2)cc1. The Labute approximate surface area is 127 Å². The molecule has 0 atom stereocenters. The second-order valence-corrected chi connectivity index (χ2v) is 6.18. The molecule has 0 saturated carbocycles. The fourth-order valence-corrected chi connectivity index (χ4v) is 3.11. The van der Waals surface area contributed by atoms with Crippen LogP contribution >= 0.6 is 23.5 Å². The van der Waals surface area contributed by atoms with Crippen molar-refractivity contribution < 1.29 is 9.53 Å². The van der Waals surface area contributed by atoms with Crippen molar-refractivity contribution in [2.45, 2.75) is 21.6 Å². The van der Waals surface area contributed by atoms with Crippen LogP contribution in [0.2, 0.25) is 0 Å². The molecule has 2 aromatic rings. The van der Waals surface area contributed by atoms with Gasteiger partial charge in [0.05, 0.1) is 12.4 Å². The average molecular weight is 304 g/mol. The minimum atomic E-state index is -0.166. The Morgan fingerprint density at radius 3 is 2.20 bits per heavy atom. The number of hydrogen-bond acceptors (Lipinski definition) is 4. The summed E-state index contributed by atoms with van der Waals surface area (Å²) in [5.74, 6) is 0.194. The lowest BCUT2D eigenvalue weighted by atomic mass is 10.4. The van der Waals surface area contributed by atoms with Crippen molar-refractivity contribution in [2.75, 3.05) is 12.4 Å². The van der Waals surface area contributed by atoms with Gasteiger partial charge in [0.1, 0.15) is 0 Å². The summed E-state index contributed by atoms with van der Waals surface area (Å²) in [6.45, 7) is 2.25. The molecule has 2 nitrogen and oxygen atoms in total. The normalized spacial score (nSPS) is 10.2. The highest BCUT2D eigenvalue weighted by Crippen LogP contribution is 2.29. The standard InChI is InChI=1S/C16H16O2S2/c1-2-18-16(17)12-19-13-8-10-15(11-9-13)20-14-6-4-3-5-7-14/h3-11H,2,12H2,1H3. The third-order valence-electron chi connectivity index (χ3n) is 2.46. The zero-order valence-electron chi connectivity index (χ0n) is 11.2. The quantitative estimate of drug-likeness (QED) is 0.580. The van der Waals surface area contributed by atoms with E-state index >= 15 is 0 Å². The molecule has 0 heterocycles. The molecule has 0 saturated heterocycles. The van der Waals surface area contributed by atoms with E-state index in [4.69, 9.17) is 4.74 Å². The van der Waals surface area contributed by atoms with Crippen LogP contribution in [-0.4, -0.2) is 18.3 Å². The molecule has 2 rings (SSSR count). The van der Waals surface area contributed by atoms with Crippen LogP contribution in [0.5, 0.6) is 0 Å². The van der Waals surface area contributed by atoms with Crippen LogP contribution in [0.3, 0.4) is 0 Å². The van der Waals surface area contributed by atoms with Crippen molar-refractivity contribution in [2.24, 2.45) is 0 Å². The maximum Gasteiger partial charge on any atom is 0.316 e. The largest absolute Gasteiger partial charge is 0.465 e. The first kappa shape index (κ1) is 15.0. The summed E-state index contributed by atoms with van der Waals surface area (Å²) in [6.07, 6.45) is 0. The van der Waals surface area contributed by atoms with Crippen LogP contribution in [0.15, 0.2) is 69.3 Å². The summed E-state index contributed by atoms with van der Waals surface area (Å²) in [5.41, 5.74) is 0. The number of ether oxygens (including phenoxy) is 1. The van der Waals surface area contributed by atoms with E-state index < -0.39 is 0 Å². The smallest absolute Gasteiger partial charge is 0.316 e. The molecular formula is C16H16O2S2. The Balaban J connectivity index is 1.88. The highest BCUT2D eigenvalue weighted by Gasteiger charge is 2.03. The average Bonchev–Trinajstić information content (AvgIpc) is 2.48. The van der Waals surface area contributed by atoms with Crippen molar-refractivity contribution in [3.8, 4) is 0 Å². The number of esters is 1. The minimum Gasteiger partial charge on any atom is -0.465 e. The summed E-state index contributed by atoms with van der Waals surface area (Å²) >= 11 is 3.23. The summed E-state index contributed by atoms with van der Waals surface area (Å²) in [7, 11) is 0. The van der Waals surface area contributed by atoms with Gasteiger partial charge in [-0.3, -0.25) is 4.79 Å². The van der Waals surface area contributed by atoms with Gasteiger partial charge in [0.2, 0.25) is 0 Å². The zero-order valence-corrected chi connectivity index (χ0v) is 12.9. The van der Waals surface area contributed by atoms with Gasteiger partial charge in [0, 0.05) is 14.7 Å². The molecule has 2 aromatic carbocycles. The highest BCUT2D eigenvalue weighted by molar-refractivity contribution is 8.00. The van der Waals surface area contributed by atoms with E-state index in [-0.39, 0.29) is 5.97 Å². The van der Waals surface area contributed by atoms with Crippen molar-refractivity contribution in [1.29, 1.82) is 0 Å². The van der Waals surface area contributed by atoms with Crippen molar-refractivity contribution in [1.82, 2.24) is 0 Å². The fraction of sp³-hybridized carbons (Fsp3) is 0.188. The van der Waals surface area contributed by atoms with Crippen LogP contribution in [-0.2, 0) is 9.53 Å². The van der Waals surface area contributed by atoms with Crippen molar-refractivity contribution >= 4 is 29.5 Å². The van der Waals surface area contributed by atoms with Gasteiger partial charge in [-0.25, -0.2) is 0 Å². The number of carbonyl (C=O) groups excluding carboxylic acids is 1. The molecular weight excluding hydrogens is 288 g/mol. The lowest BCUT2D eigenvalue weighted by molar-refractivity contribution is -0.139. The third kappa shape index (κ3) is 4.94. The van der Waals surface area contributed by atoms with E-state index in [1.807, 2.05) is 37.3 Å². The first-order valence-electron chi connectivity index (χ1n) is 6.39. The topological polar surface area (TPSA) is 26.3 Å². The number of thioether (sulfide) groups is 1. The van der Waals surface area contributed by atoms with Crippen molar-refractivity contribution in [3.63, 3.8) is 0 Å². The fourth-order valence-electron chi connectivity index (χ4n) is 1.57.